The second-order valence-electron chi connectivity index (χ2n) is 6.29. The van der Waals surface area contributed by atoms with Crippen molar-refractivity contribution < 1.29 is 4.74 Å². The summed E-state index contributed by atoms with van der Waals surface area (Å²) >= 11 is 0. The molecule has 0 spiro atoms. The summed E-state index contributed by atoms with van der Waals surface area (Å²) in [5.74, 6) is 2.38. The summed E-state index contributed by atoms with van der Waals surface area (Å²) in [5.41, 5.74) is 3.02. The number of benzene rings is 2. The van der Waals surface area contributed by atoms with Crippen LogP contribution in [0.3, 0.4) is 0 Å². The van der Waals surface area contributed by atoms with Gasteiger partial charge in [0.1, 0.15) is 18.2 Å². The number of ether oxygens (including phenoxy) is 1. The second-order valence-corrected chi connectivity index (χ2v) is 6.29. The van der Waals surface area contributed by atoms with Crippen molar-refractivity contribution in [3.63, 3.8) is 0 Å². The van der Waals surface area contributed by atoms with Gasteiger partial charge in [-0.1, -0.05) is 30.3 Å². The molecule has 0 amide bonds. The number of anilines is 3. The minimum atomic E-state index is 0.557. The molecule has 2 aromatic carbocycles. The Labute approximate surface area is 161 Å². The molecule has 3 aromatic rings. The molecule has 0 aliphatic carbocycles. The van der Waals surface area contributed by atoms with Crippen LogP contribution < -0.4 is 15.0 Å². The Kier molecular flexibility index (Phi) is 6.26. The highest BCUT2D eigenvalue weighted by Gasteiger charge is 2.08. The molecule has 27 heavy (non-hydrogen) atoms. The SMILES string of the molecule is CCN(CC)c1cc(C)nc(Nc2ccc(OCc3ccccc3)cc2)n1. The van der Waals surface area contributed by atoms with E-state index in [4.69, 9.17) is 4.74 Å². The zero-order valence-corrected chi connectivity index (χ0v) is 16.1. The fraction of sp³-hybridized carbons (Fsp3) is 0.273. The number of rotatable bonds is 8. The zero-order chi connectivity index (χ0) is 19.1. The van der Waals surface area contributed by atoms with Crippen molar-refractivity contribution in [2.75, 3.05) is 23.3 Å². The fourth-order valence-corrected chi connectivity index (χ4v) is 2.82. The van der Waals surface area contributed by atoms with E-state index in [1.54, 1.807) is 0 Å². The second kappa shape index (κ2) is 9.03. The number of aromatic nitrogens is 2. The maximum atomic E-state index is 5.83. The van der Waals surface area contributed by atoms with Crippen molar-refractivity contribution in [2.45, 2.75) is 27.4 Å². The van der Waals surface area contributed by atoms with Gasteiger partial charge in [-0.3, -0.25) is 0 Å². The van der Waals surface area contributed by atoms with Crippen LogP contribution in [-0.4, -0.2) is 23.1 Å². The van der Waals surface area contributed by atoms with E-state index in [0.717, 1.165) is 41.6 Å². The van der Waals surface area contributed by atoms with Crippen LogP contribution in [0, 0.1) is 6.92 Å². The number of nitrogens with one attached hydrogen (secondary N) is 1. The maximum absolute atomic E-state index is 5.83. The third-order valence-electron chi connectivity index (χ3n) is 4.29. The predicted octanol–water partition coefficient (Wildman–Crippen LogP) is 4.95. The van der Waals surface area contributed by atoms with Crippen LogP contribution in [0.4, 0.5) is 17.5 Å². The number of hydrogen-bond acceptors (Lipinski definition) is 5. The molecule has 0 atom stereocenters. The summed E-state index contributed by atoms with van der Waals surface area (Å²) in [6, 6.07) is 20.0. The van der Waals surface area contributed by atoms with Gasteiger partial charge in [0, 0.05) is 30.5 Å². The Morgan fingerprint density at radius 2 is 1.63 bits per heavy atom. The molecule has 5 heteroatoms. The summed E-state index contributed by atoms with van der Waals surface area (Å²) in [7, 11) is 0. The van der Waals surface area contributed by atoms with E-state index in [2.05, 4.69) is 46.2 Å². The predicted molar refractivity (Wildman–Crippen MR) is 111 cm³/mol. The van der Waals surface area contributed by atoms with Crippen LogP contribution in [0.1, 0.15) is 25.1 Å². The summed E-state index contributed by atoms with van der Waals surface area (Å²) in [6.45, 7) is 8.63. The normalized spacial score (nSPS) is 10.5. The van der Waals surface area contributed by atoms with Crippen molar-refractivity contribution in [2.24, 2.45) is 0 Å². The molecule has 140 valence electrons. The monoisotopic (exact) mass is 362 g/mol. The largest absolute Gasteiger partial charge is 0.489 e. The van der Waals surface area contributed by atoms with Gasteiger partial charge in [-0.2, -0.15) is 4.98 Å². The Hall–Kier alpha value is -3.08. The Morgan fingerprint density at radius 3 is 2.30 bits per heavy atom. The third-order valence-corrected chi connectivity index (χ3v) is 4.29. The standard InChI is InChI=1S/C22H26N4O/c1-4-26(5-2)21-15-17(3)23-22(25-21)24-19-11-13-20(14-12-19)27-16-18-9-7-6-8-10-18/h6-15H,4-5,16H2,1-3H3,(H,23,24,25). The fourth-order valence-electron chi connectivity index (χ4n) is 2.82. The first-order chi connectivity index (χ1) is 13.2. The molecular formula is C22H26N4O. The zero-order valence-electron chi connectivity index (χ0n) is 16.1. The van der Waals surface area contributed by atoms with Gasteiger partial charge < -0.3 is 15.0 Å². The molecule has 0 bridgehead atoms. The average Bonchev–Trinajstić information content (AvgIpc) is 2.69. The molecule has 0 fully saturated rings. The maximum Gasteiger partial charge on any atom is 0.229 e. The topological polar surface area (TPSA) is 50.3 Å². The Balaban J connectivity index is 1.66. The molecule has 3 rings (SSSR count). The van der Waals surface area contributed by atoms with E-state index in [1.165, 1.54) is 0 Å². The van der Waals surface area contributed by atoms with Crippen molar-refractivity contribution in [3.8, 4) is 5.75 Å². The first-order valence-corrected chi connectivity index (χ1v) is 9.32. The molecule has 1 aromatic heterocycles. The summed E-state index contributed by atoms with van der Waals surface area (Å²) < 4.78 is 5.83. The van der Waals surface area contributed by atoms with Crippen LogP contribution in [0.25, 0.3) is 0 Å². The number of nitrogens with zero attached hydrogens (tertiary/aromatic N) is 3. The quantitative estimate of drug-likeness (QED) is 0.614. The molecule has 0 aliphatic rings. The van der Waals surface area contributed by atoms with E-state index < -0.39 is 0 Å². The molecular weight excluding hydrogens is 336 g/mol. The van der Waals surface area contributed by atoms with Crippen LogP contribution in [0.15, 0.2) is 60.7 Å². The summed E-state index contributed by atoms with van der Waals surface area (Å²) in [5, 5.41) is 3.28. The van der Waals surface area contributed by atoms with E-state index in [0.29, 0.717) is 12.6 Å². The minimum Gasteiger partial charge on any atom is -0.489 e. The Morgan fingerprint density at radius 1 is 0.926 bits per heavy atom. The van der Waals surface area contributed by atoms with Crippen molar-refractivity contribution in [3.05, 3.63) is 71.9 Å². The molecule has 0 aliphatic heterocycles. The number of hydrogen-bond donors (Lipinski definition) is 1. The van der Waals surface area contributed by atoms with Crippen LogP contribution >= 0.6 is 0 Å². The summed E-state index contributed by atoms with van der Waals surface area (Å²) in [6.07, 6.45) is 0. The van der Waals surface area contributed by atoms with E-state index in [-0.39, 0.29) is 0 Å². The molecule has 5 nitrogen and oxygen atoms in total. The highest BCUT2D eigenvalue weighted by atomic mass is 16.5. The van der Waals surface area contributed by atoms with Gasteiger partial charge in [0.2, 0.25) is 5.95 Å². The van der Waals surface area contributed by atoms with Crippen LogP contribution in [0.5, 0.6) is 5.75 Å². The van der Waals surface area contributed by atoms with E-state index in [1.807, 2.05) is 55.5 Å². The van der Waals surface area contributed by atoms with Crippen molar-refractivity contribution in [1.29, 1.82) is 0 Å². The highest BCUT2D eigenvalue weighted by molar-refractivity contribution is 5.56. The van der Waals surface area contributed by atoms with Gasteiger partial charge in [-0.15, -0.1) is 0 Å². The van der Waals surface area contributed by atoms with Gasteiger partial charge in [-0.05, 0) is 50.6 Å². The molecule has 1 N–H and O–H groups in total. The van der Waals surface area contributed by atoms with Crippen LogP contribution in [-0.2, 0) is 6.61 Å². The number of aryl methyl sites for hydroxylation is 1. The van der Waals surface area contributed by atoms with Gasteiger partial charge >= 0.3 is 0 Å². The van der Waals surface area contributed by atoms with Gasteiger partial charge in [0.05, 0.1) is 0 Å². The molecule has 0 saturated carbocycles. The van der Waals surface area contributed by atoms with Crippen molar-refractivity contribution >= 4 is 17.5 Å². The van der Waals surface area contributed by atoms with E-state index >= 15 is 0 Å². The minimum absolute atomic E-state index is 0.557. The lowest BCUT2D eigenvalue weighted by Gasteiger charge is -2.20. The molecule has 0 radical (unpaired) electrons. The first-order valence-electron chi connectivity index (χ1n) is 9.32. The van der Waals surface area contributed by atoms with Gasteiger partial charge in [-0.25, -0.2) is 4.98 Å². The lowest BCUT2D eigenvalue weighted by molar-refractivity contribution is 0.306. The first kappa shape index (κ1) is 18.7. The summed E-state index contributed by atoms with van der Waals surface area (Å²) in [4.78, 5) is 11.3. The third kappa shape index (κ3) is 5.20. The Bertz CT molecular complexity index is 846. The van der Waals surface area contributed by atoms with Gasteiger partial charge in [0.25, 0.3) is 0 Å². The van der Waals surface area contributed by atoms with E-state index in [9.17, 15) is 0 Å². The van der Waals surface area contributed by atoms with Crippen LogP contribution in [0.2, 0.25) is 0 Å². The van der Waals surface area contributed by atoms with Gasteiger partial charge in [0.15, 0.2) is 0 Å². The highest BCUT2D eigenvalue weighted by Crippen LogP contribution is 2.21. The molecule has 1 heterocycles. The lowest BCUT2D eigenvalue weighted by atomic mass is 10.2. The van der Waals surface area contributed by atoms with Crippen molar-refractivity contribution in [1.82, 2.24) is 9.97 Å². The molecule has 0 saturated heterocycles. The average molecular weight is 362 g/mol. The lowest BCUT2D eigenvalue weighted by Crippen LogP contribution is -2.23. The smallest absolute Gasteiger partial charge is 0.229 e. The molecule has 0 unspecified atom stereocenters.